The van der Waals surface area contributed by atoms with Crippen molar-refractivity contribution in [3.8, 4) is 0 Å². The van der Waals surface area contributed by atoms with E-state index in [0.29, 0.717) is 30.8 Å². The summed E-state index contributed by atoms with van der Waals surface area (Å²) in [6.07, 6.45) is -3.56. The molecule has 2 aromatic heterocycles. The lowest BCUT2D eigenvalue weighted by atomic mass is 10.1. The maximum absolute atomic E-state index is 13.1. The second-order valence-corrected chi connectivity index (χ2v) is 10.2. The van der Waals surface area contributed by atoms with Gasteiger partial charge in [0.05, 0.1) is 12.5 Å². The number of thiophene rings is 1. The largest absolute Gasteiger partial charge is 0.393 e. The van der Waals surface area contributed by atoms with Crippen molar-refractivity contribution < 1.29 is 23.1 Å². The van der Waals surface area contributed by atoms with Crippen molar-refractivity contribution >= 4 is 26.6 Å². The minimum absolute atomic E-state index is 0.0617. The van der Waals surface area contributed by atoms with E-state index in [4.69, 9.17) is 0 Å². The van der Waals surface area contributed by atoms with Crippen LogP contribution >= 0.6 is 10.5 Å². The van der Waals surface area contributed by atoms with Gasteiger partial charge in [0, 0.05) is 42.7 Å². The Hall–Kier alpha value is -2.14. The van der Waals surface area contributed by atoms with Crippen molar-refractivity contribution in [3.63, 3.8) is 0 Å². The Kier molecular flexibility index (Phi) is 6.66. The van der Waals surface area contributed by atoms with Gasteiger partial charge in [-0.25, -0.2) is 4.79 Å². The molecule has 1 saturated heterocycles. The van der Waals surface area contributed by atoms with Crippen molar-refractivity contribution in [1.29, 1.82) is 0 Å². The third-order valence-corrected chi connectivity index (χ3v) is 7.41. The summed E-state index contributed by atoms with van der Waals surface area (Å²) in [6, 6.07) is 1.41. The quantitative estimate of drug-likeness (QED) is 0.693. The number of aromatic nitrogens is 2. The van der Waals surface area contributed by atoms with E-state index < -0.39 is 47.0 Å². The van der Waals surface area contributed by atoms with E-state index in [2.05, 4.69) is 0 Å². The Morgan fingerprint density at radius 1 is 1.23 bits per heavy atom. The maximum Gasteiger partial charge on any atom is 0.390 e. The number of aliphatic hydroxyl groups excluding tert-OH is 1. The highest BCUT2D eigenvalue weighted by Gasteiger charge is 2.34. The molecule has 31 heavy (non-hydrogen) atoms. The predicted octanol–water partition coefficient (Wildman–Crippen LogP) is 2.65. The van der Waals surface area contributed by atoms with Crippen molar-refractivity contribution in [2.24, 2.45) is 12.2 Å². The number of amides is 1. The van der Waals surface area contributed by atoms with Crippen LogP contribution < -0.4 is 11.2 Å². The standard InChI is InChI=1S/C20H27F3N3O4S/c1-12(2)11-26-18(29)16-14(25(19(26)30)9-6-20(21,22)23)10-15(31(16)3)17(28)24-7-4-13(27)5-8-24/h10,12-13,27H,4-9,11H2,1-3H3/q+1. The Bertz CT molecular complexity index is 1090. The molecule has 0 spiro atoms. The normalized spacial score (nSPS) is 16.5. The summed E-state index contributed by atoms with van der Waals surface area (Å²) in [4.78, 5) is 41.0. The van der Waals surface area contributed by atoms with Gasteiger partial charge in [0.15, 0.2) is 0 Å². The molecule has 0 aliphatic carbocycles. The number of piperidine rings is 1. The molecule has 1 unspecified atom stereocenters. The summed E-state index contributed by atoms with van der Waals surface area (Å²) < 4.78 is 40.9. The predicted molar refractivity (Wildman–Crippen MR) is 113 cm³/mol. The molecule has 2 aromatic rings. The first-order chi connectivity index (χ1) is 14.4. The van der Waals surface area contributed by atoms with Crippen LogP contribution in [0.1, 0.15) is 42.8 Å². The third kappa shape index (κ3) is 4.87. The first-order valence-electron chi connectivity index (χ1n) is 10.2. The highest BCUT2D eigenvalue weighted by atomic mass is 32.2. The Morgan fingerprint density at radius 3 is 2.39 bits per heavy atom. The molecule has 11 heteroatoms. The second-order valence-electron chi connectivity index (χ2n) is 8.37. The van der Waals surface area contributed by atoms with E-state index in [9.17, 15) is 32.7 Å². The number of aliphatic hydroxyl groups is 1. The summed E-state index contributed by atoms with van der Waals surface area (Å²) in [6.45, 7) is 3.81. The fraction of sp³-hybridized carbons (Fsp3) is 0.650. The van der Waals surface area contributed by atoms with Crippen LogP contribution in [0.4, 0.5) is 13.2 Å². The zero-order valence-corrected chi connectivity index (χ0v) is 18.6. The number of carbonyl (C=O) groups is 1. The first kappa shape index (κ1) is 23.5. The van der Waals surface area contributed by atoms with Crippen molar-refractivity contribution in [2.75, 3.05) is 13.1 Å². The van der Waals surface area contributed by atoms with Crippen molar-refractivity contribution in [3.05, 3.63) is 31.8 Å². The number of rotatable bonds is 5. The molecule has 0 aromatic carbocycles. The van der Waals surface area contributed by atoms with Gasteiger partial charge in [-0.2, -0.15) is 13.2 Å². The smallest absolute Gasteiger partial charge is 0.390 e. The van der Waals surface area contributed by atoms with Gasteiger partial charge in [-0.1, -0.05) is 13.8 Å². The lowest BCUT2D eigenvalue weighted by molar-refractivity contribution is -0.136. The SMILES string of the molecule is CC(C)Cn1c(=O)c2c(cc(C(=O)N3CCC(O)CC3)[s+]2C)n(CCC(F)(F)F)c1=O. The van der Waals surface area contributed by atoms with E-state index in [1.807, 2.05) is 13.8 Å². The summed E-state index contributed by atoms with van der Waals surface area (Å²) in [5.41, 5.74) is -1.23. The molecule has 1 amide bonds. The molecule has 3 rings (SSSR count). The number of nitrogens with zero attached hydrogens (tertiary/aromatic N) is 3. The summed E-state index contributed by atoms with van der Waals surface area (Å²) in [7, 11) is -0.973. The molecule has 0 bridgehead atoms. The number of halogens is 3. The van der Waals surface area contributed by atoms with Crippen molar-refractivity contribution in [2.45, 2.75) is 58.5 Å². The van der Waals surface area contributed by atoms with Gasteiger partial charge < -0.3 is 10.0 Å². The first-order valence-corrected chi connectivity index (χ1v) is 11.8. The minimum Gasteiger partial charge on any atom is -0.393 e. The van der Waals surface area contributed by atoms with E-state index in [1.54, 1.807) is 11.2 Å². The van der Waals surface area contributed by atoms with Gasteiger partial charge in [0.2, 0.25) is 4.88 Å². The van der Waals surface area contributed by atoms with Crippen LogP contribution in [0, 0.1) is 5.92 Å². The third-order valence-electron chi connectivity index (χ3n) is 5.46. The Balaban J connectivity index is 2.16. The zero-order valence-electron chi connectivity index (χ0n) is 17.7. The van der Waals surface area contributed by atoms with Crippen LogP contribution in [-0.2, 0) is 19.3 Å². The van der Waals surface area contributed by atoms with E-state index >= 15 is 0 Å². The average Bonchev–Trinajstić information content (AvgIpc) is 3.01. The molecule has 1 aliphatic rings. The highest BCUT2D eigenvalue weighted by molar-refractivity contribution is 7.37. The molecule has 0 radical (unpaired) electrons. The molecular formula is C20H27F3N3O4S+. The molecule has 1 aliphatic heterocycles. The van der Waals surface area contributed by atoms with Gasteiger partial charge in [0.25, 0.3) is 4.70 Å². The number of aryl methyl sites for hydroxylation is 2. The van der Waals surface area contributed by atoms with E-state index in [-0.39, 0.29) is 28.6 Å². The molecule has 172 valence electrons. The molecule has 0 saturated carbocycles. The van der Waals surface area contributed by atoms with Crippen LogP contribution in [0.5, 0.6) is 0 Å². The molecular weight excluding hydrogens is 435 g/mol. The Labute approximate surface area is 179 Å². The Morgan fingerprint density at radius 2 is 1.84 bits per heavy atom. The zero-order chi connectivity index (χ0) is 23.1. The van der Waals surface area contributed by atoms with Crippen LogP contribution in [0.3, 0.4) is 0 Å². The van der Waals surface area contributed by atoms with Crippen LogP contribution in [0.2, 0.25) is 0 Å². The summed E-state index contributed by atoms with van der Waals surface area (Å²) in [5, 5.41) is 9.67. The topological polar surface area (TPSA) is 84.5 Å². The van der Waals surface area contributed by atoms with Gasteiger partial charge in [-0.05, 0) is 18.8 Å². The minimum atomic E-state index is -4.46. The number of hydrogen-bond acceptors (Lipinski definition) is 4. The number of likely N-dealkylation sites (tertiary alicyclic amines) is 1. The van der Waals surface area contributed by atoms with E-state index in [0.717, 1.165) is 9.13 Å². The van der Waals surface area contributed by atoms with E-state index in [1.165, 1.54) is 6.07 Å². The molecule has 1 N–H and O–H groups in total. The van der Waals surface area contributed by atoms with Crippen molar-refractivity contribution in [1.82, 2.24) is 14.0 Å². The van der Waals surface area contributed by atoms with Gasteiger partial charge in [-0.15, -0.1) is 0 Å². The maximum atomic E-state index is 13.1. The van der Waals surface area contributed by atoms with Crippen LogP contribution in [0.15, 0.2) is 15.7 Å². The number of hydrogen-bond donors (Lipinski definition) is 1. The summed E-state index contributed by atoms with van der Waals surface area (Å²) >= 11 is 0. The number of alkyl halides is 3. The molecule has 1 fully saturated rings. The molecule has 3 heterocycles. The van der Waals surface area contributed by atoms with Gasteiger partial charge in [-0.3, -0.25) is 18.7 Å². The molecule has 7 nitrogen and oxygen atoms in total. The lowest BCUT2D eigenvalue weighted by Gasteiger charge is -2.28. The number of carbonyl (C=O) groups excluding carboxylic acids is 1. The average molecular weight is 463 g/mol. The fourth-order valence-electron chi connectivity index (χ4n) is 3.84. The highest BCUT2D eigenvalue weighted by Crippen LogP contribution is 2.33. The van der Waals surface area contributed by atoms with Crippen LogP contribution in [-0.4, -0.2) is 50.4 Å². The van der Waals surface area contributed by atoms with Crippen LogP contribution in [0.25, 0.3) is 10.2 Å². The monoisotopic (exact) mass is 462 g/mol. The van der Waals surface area contributed by atoms with Gasteiger partial charge >= 0.3 is 23.3 Å². The summed E-state index contributed by atoms with van der Waals surface area (Å²) in [5.74, 6) is -0.369. The second kappa shape index (κ2) is 8.78. The van der Waals surface area contributed by atoms with Gasteiger partial charge in [0.1, 0.15) is 11.8 Å². The lowest BCUT2D eigenvalue weighted by Crippen LogP contribution is -2.41. The fourth-order valence-corrected chi connectivity index (χ4v) is 5.60. The molecule has 1 atom stereocenters. The number of fused-ring (bicyclic) bond motifs is 1.